The van der Waals surface area contributed by atoms with Crippen molar-refractivity contribution in [3.05, 3.63) is 11.6 Å². The molecule has 0 atom stereocenters. The lowest BCUT2D eigenvalue weighted by Gasteiger charge is -2.15. The van der Waals surface area contributed by atoms with Crippen molar-refractivity contribution in [1.29, 1.82) is 0 Å². The Bertz CT molecular complexity index is 528. The molecule has 0 aromatic heterocycles. The van der Waals surface area contributed by atoms with Gasteiger partial charge in [0, 0.05) is 6.08 Å². The third kappa shape index (κ3) is 12.0. The molecule has 6 heteroatoms. The Labute approximate surface area is 182 Å². The molecular formula is C24H42O6. The minimum atomic E-state index is -0.666. The molecule has 0 rings (SSSR count). The van der Waals surface area contributed by atoms with Gasteiger partial charge in [0.1, 0.15) is 0 Å². The molecule has 6 nitrogen and oxygen atoms in total. The Morgan fingerprint density at radius 3 is 1.47 bits per heavy atom. The fourth-order valence-corrected chi connectivity index (χ4v) is 2.84. The fraction of sp³-hybridized carbons (Fsp3) is 0.792. The van der Waals surface area contributed by atoms with Crippen molar-refractivity contribution in [1.82, 2.24) is 0 Å². The molecule has 0 N–H and O–H groups in total. The fourth-order valence-electron chi connectivity index (χ4n) is 2.84. The van der Waals surface area contributed by atoms with Crippen molar-refractivity contribution in [3.63, 3.8) is 0 Å². The van der Waals surface area contributed by atoms with Crippen molar-refractivity contribution in [3.8, 4) is 0 Å². The Morgan fingerprint density at radius 1 is 0.633 bits per heavy atom. The monoisotopic (exact) mass is 426 g/mol. The van der Waals surface area contributed by atoms with Crippen LogP contribution in [0.2, 0.25) is 0 Å². The van der Waals surface area contributed by atoms with E-state index >= 15 is 0 Å². The average molecular weight is 427 g/mol. The molecule has 174 valence electrons. The van der Waals surface area contributed by atoms with Crippen molar-refractivity contribution >= 4 is 17.9 Å². The van der Waals surface area contributed by atoms with Crippen LogP contribution in [-0.2, 0) is 28.6 Å². The second kappa shape index (κ2) is 16.9. The lowest BCUT2D eigenvalue weighted by atomic mass is 10.1. The standard InChI is InChI=1S/C24H42O6/c1-7-18(8-2)15-28-22(25)13-21(24(27)30-17-20(11-5)12-6)14-23(26)29-16-19(9-3)10-4/h13,18-20H,7-12,14-17H2,1-6H3. The molecule has 0 aliphatic carbocycles. The second-order valence-corrected chi connectivity index (χ2v) is 7.81. The normalized spacial score (nSPS) is 11.8. The molecule has 0 saturated heterocycles. The first-order chi connectivity index (χ1) is 14.3. The Kier molecular flexibility index (Phi) is 15.9. The Morgan fingerprint density at radius 2 is 1.03 bits per heavy atom. The van der Waals surface area contributed by atoms with Crippen LogP contribution in [0.15, 0.2) is 11.6 Å². The van der Waals surface area contributed by atoms with E-state index in [1.165, 1.54) is 0 Å². The van der Waals surface area contributed by atoms with Crippen molar-refractivity contribution in [2.24, 2.45) is 17.8 Å². The van der Waals surface area contributed by atoms with Crippen LogP contribution in [-0.4, -0.2) is 37.7 Å². The predicted octanol–water partition coefficient (Wildman–Crippen LogP) is 5.24. The summed E-state index contributed by atoms with van der Waals surface area (Å²) in [4.78, 5) is 37.0. The second-order valence-electron chi connectivity index (χ2n) is 7.81. The average Bonchev–Trinajstić information content (AvgIpc) is 2.75. The molecule has 0 bridgehead atoms. The summed E-state index contributed by atoms with van der Waals surface area (Å²) < 4.78 is 15.9. The largest absolute Gasteiger partial charge is 0.465 e. The quantitative estimate of drug-likeness (QED) is 0.191. The van der Waals surface area contributed by atoms with Gasteiger partial charge in [0.2, 0.25) is 0 Å². The van der Waals surface area contributed by atoms with Crippen LogP contribution in [0, 0.1) is 17.8 Å². The van der Waals surface area contributed by atoms with E-state index in [9.17, 15) is 14.4 Å². The molecule has 0 saturated carbocycles. The van der Waals surface area contributed by atoms with Crippen LogP contribution in [0.5, 0.6) is 0 Å². The molecule has 0 aromatic carbocycles. The Balaban J connectivity index is 5.11. The summed E-state index contributed by atoms with van der Waals surface area (Å²) in [5.74, 6) is -1.03. The summed E-state index contributed by atoms with van der Waals surface area (Å²) in [6, 6.07) is 0. The van der Waals surface area contributed by atoms with Gasteiger partial charge in [0.05, 0.1) is 31.8 Å². The maximum atomic E-state index is 12.5. The molecule has 0 unspecified atom stereocenters. The zero-order valence-electron chi connectivity index (χ0n) is 19.8. The van der Waals surface area contributed by atoms with E-state index in [0.29, 0.717) is 6.61 Å². The maximum absolute atomic E-state index is 12.5. The van der Waals surface area contributed by atoms with Gasteiger partial charge in [-0.15, -0.1) is 0 Å². The molecule has 0 aliphatic rings. The van der Waals surface area contributed by atoms with Crippen molar-refractivity contribution in [2.75, 3.05) is 19.8 Å². The third-order valence-electron chi connectivity index (χ3n) is 5.74. The highest BCUT2D eigenvalue weighted by Crippen LogP contribution is 2.14. The van der Waals surface area contributed by atoms with Crippen LogP contribution in [0.25, 0.3) is 0 Å². The highest BCUT2D eigenvalue weighted by Gasteiger charge is 2.21. The summed E-state index contributed by atoms with van der Waals surface area (Å²) in [6.45, 7) is 13.1. The van der Waals surface area contributed by atoms with Gasteiger partial charge >= 0.3 is 17.9 Å². The van der Waals surface area contributed by atoms with Crippen LogP contribution in [0.1, 0.15) is 86.5 Å². The molecule has 0 heterocycles. The first-order valence-electron chi connectivity index (χ1n) is 11.5. The SMILES string of the molecule is CCC(CC)COC(=O)C=C(CC(=O)OCC(CC)CC)C(=O)OCC(CC)CC. The van der Waals surface area contributed by atoms with Crippen LogP contribution < -0.4 is 0 Å². The summed E-state index contributed by atoms with van der Waals surface area (Å²) in [5.41, 5.74) is -0.0231. The molecule has 0 aromatic rings. The molecule has 0 spiro atoms. The Hall–Kier alpha value is -1.85. The van der Waals surface area contributed by atoms with E-state index in [1.54, 1.807) is 0 Å². The number of esters is 3. The first kappa shape index (κ1) is 28.1. The summed E-state index contributed by atoms with van der Waals surface area (Å²) in [5, 5.41) is 0. The summed E-state index contributed by atoms with van der Waals surface area (Å²) >= 11 is 0. The van der Waals surface area contributed by atoms with Gasteiger partial charge in [-0.25, -0.2) is 9.59 Å². The summed E-state index contributed by atoms with van der Waals surface area (Å²) in [6.07, 6.45) is 6.17. The van der Waals surface area contributed by atoms with E-state index in [4.69, 9.17) is 14.2 Å². The molecule has 0 radical (unpaired) electrons. The van der Waals surface area contributed by atoms with E-state index in [2.05, 4.69) is 0 Å². The van der Waals surface area contributed by atoms with Gasteiger partial charge in [0.15, 0.2) is 0 Å². The van der Waals surface area contributed by atoms with Gasteiger partial charge in [-0.3, -0.25) is 4.79 Å². The van der Waals surface area contributed by atoms with Crippen LogP contribution in [0.4, 0.5) is 0 Å². The van der Waals surface area contributed by atoms with Gasteiger partial charge in [-0.1, -0.05) is 80.1 Å². The van der Waals surface area contributed by atoms with E-state index < -0.39 is 17.9 Å². The lowest BCUT2D eigenvalue weighted by Crippen LogP contribution is -2.20. The number of carbonyl (C=O) groups is 3. The first-order valence-corrected chi connectivity index (χ1v) is 11.5. The number of carbonyl (C=O) groups excluding carboxylic acids is 3. The van der Waals surface area contributed by atoms with Gasteiger partial charge in [-0.2, -0.15) is 0 Å². The molecule has 0 fully saturated rings. The zero-order valence-corrected chi connectivity index (χ0v) is 19.8. The smallest absolute Gasteiger partial charge is 0.334 e. The highest BCUT2D eigenvalue weighted by atomic mass is 16.5. The minimum absolute atomic E-state index is 0.0231. The van der Waals surface area contributed by atoms with Crippen molar-refractivity contribution < 1.29 is 28.6 Å². The van der Waals surface area contributed by atoms with Crippen LogP contribution >= 0.6 is 0 Å². The van der Waals surface area contributed by atoms with Gasteiger partial charge in [0.25, 0.3) is 0 Å². The summed E-state index contributed by atoms with van der Waals surface area (Å²) in [7, 11) is 0. The molecule has 30 heavy (non-hydrogen) atoms. The predicted molar refractivity (Wildman–Crippen MR) is 118 cm³/mol. The van der Waals surface area contributed by atoms with E-state index in [1.807, 2.05) is 41.5 Å². The number of rotatable bonds is 16. The number of hydrogen-bond donors (Lipinski definition) is 0. The van der Waals surface area contributed by atoms with Gasteiger partial charge in [-0.05, 0) is 17.8 Å². The van der Waals surface area contributed by atoms with Crippen LogP contribution in [0.3, 0.4) is 0 Å². The molecular weight excluding hydrogens is 384 g/mol. The van der Waals surface area contributed by atoms with Gasteiger partial charge < -0.3 is 14.2 Å². The maximum Gasteiger partial charge on any atom is 0.334 e. The lowest BCUT2D eigenvalue weighted by molar-refractivity contribution is -0.148. The molecule has 0 amide bonds. The third-order valence-corrected chi connectivity index (χ3v) is 5.74. The van der Waals surface area contributed by atoms with E-state index in [-0.39, 0.29) is 43.0 Å². The van der Waals surface area contributed by atoms with Crippen molar-refractivity contribution in [2.45, 2.75) is 86.5 Å². The number of ether oxygens (including phenoxy) is 3. The number of hydrogen-bond acceptors (Lipinski definition) is 6. The van der Waals surface area contributed by atoms with E-state index in [0.717, 1.165) is 44.6 Å². The topological polar surface area (TPSA) is 78.9 Å². The minimum Gasteiger partial charge on any atom is -0.465 e. The zero-order chi connectivity index (χ0) is 22.9. The highest BCUT2D eigenvalue weighted by molar-refractivity contribution is 5.99. The molecule has 0 aliphatic heterocycles.